The quantitative estimate of drug-likeness (QED) is 0.184. The van der Waals surface area contributed by atoms with Gasteiger partial charge in [-0.1, -0.05) is 23.2 Å². The lowest BCUT2D eigenvalue weighted by molar-refractivity contribution is -0.118. The molecule has 0 radical (unpaired) electrons. The summed E-state index contributed by atoms with van der Waals surface area (Å²) < 4.78 is 13.6. The number of fused-ring (bicyclic) bond motifs is 1. The number of nitrogens with one attached hydrogen (secondary N) is 2. The monoisotopic (exact) mass is 654 g/mol. The fraction of sp³-hybridized carbons (Fsp3) is 0.433. The Balaban J connectivity index is 0.000000203. The number of hydrazine groups is 1. The van der Waals surface area contributed by atoms with Crippen LogP contribution in [0.25, 0.3) is 11.1 Å². The van der Waals surface area contributed by atoms with Gasteiger partial charge in [0.1, 0.15) is 29.3 Å². The molecular formula is C30H37Cl3N4O6. The largest absolute Gasteiger partial charge is 0.496 e. The van der Waals surface area contributed by atoms with E-state index in [0.29, 0.717) is 52.0 Å². The predicted octanol–water partition coefficient (Wildman–Crippen LogP) is 5.37. The summed E-state index contributed by atoms with van der Waals surface area (Å²) in [6, 6.07) is 6.91. The van der Waals surface area contributed by atoms with Gasteiger partial charge in [0, 0.05) is 36.8 Å². The van der Waals surface area contributed by atoms with E-state index in [-0.39, 0.29) is 17.0 Å². The number of carbonyl (C=O) groups is 2. The highest BCUT2D eigenvalue weighted by molar-refractivity contribution is 6.66. The van der Waals surface area contributed by atoms with E-state index in [0.717, 1.165) is 37.1 Å². The number of carbonyl (C=O) groups excluding carboxylic acids is 2. The Morgan fingerprint density at radius 3 is 1.88 bits per heavy atom. The van der Waals surface area contributed by atoms with Crippen LogP contribution in [0.4, 0.5) is 0 Å². The molecule has 1 unspecified atom stereocenters. The number of aromatic hydroxyl groups is 1. The average Bonchev–Trinajstić information content (AvgIpc) is 3.24. The lowest BCUT2D eigenvalue weighted by Crippen LogP contribution is -2.37. The fourth-order valence-electron chi connectivity index (χ4n) is 4.91. The molecule has 0 saturated carbocycles. The molecule has 0 bridgehead atoms. The van der Waals surface area contributed by atoms with Crippen LogP contribution in [0.15, 0.2) is 29.1 Å². The van der Waals surface area contributed by atoms with Crippen molar-refractivity contribution in [3.05, 3.63) is 61.4 Å². The zero-order chi connectivity index (χ0) is 31.7. The standard InChI is InChI=1S/C15H17ClN2O3.C11H10Cl2O3.C4H10N2/c1-9-7-10(16)12(11(8-9)21-2)13-14(19)17-5-3-4-6-18(17)15(13)20;1-6-3-8(12)10(9(4-6)16-2)7(5-14)11(13)15;1-2-4-6-5-3-1/h7-8,19H,3-6H2,1-2H3;3-5,7H,1-2H3;5-6H,1-4H2. The van der Waals surface area contributed by atoms with Crippen LogP contribution in [0.1, 0.15) is 48.3 Å². The third-order valence-electron chi connectivity index (χ3n) is 6.99. The van der Waals surface area contributed by atoms with Gasteiger partial charge >= 0.3 is 0 Å². The molecule has 234 valence electrons. The Kier molecular flexibility index (Phi) is 13.0. The van der Waals surface area contributed by atoms with Crippen LogP contribution in [0, 0.1) is 13.8 Å². The van der Waals surface area contributed by atoms with E-state index in [4.69, 9.17) is 44.3 Å². The van der Waals surface area contributed by atoms with Crippen molar-refractivity contribution in [1.82, 2.24) is 20.2 Å². The van der Waals surface area contributed by atoms with E-state index in [1.54, 1.807) is 33.6 Å². The molecule has 3 N–H and O–H groups in total. The lowest BCUT2D eigenvalue weighted by atomic mass is 9.99. The van der Waals surface area contributed by atoms with Gasteiger partial charge < -0.3 is 19.4 Å². The van der Waals surface area contributed by atoms with Crippen molar-refractivity contribution in [2.45, 2.75) is 58.5 Å². The number of ether oxygens (including phenoxy) is 2. The summed E-state index contributed by atoms with van der Waals surface area (Å²) in [5.41, 5.74) is 8.64. The van der Waals surface area contributed by atoms with Crippen molar-refractivity contribution in [3.8, 4) is 28.5 Å². The summed E-state index contributed by atoms with van der Waals surface area (Å²) in [5.74, 6) is -0.250. The molecule has 3 aromatic rings. The molecule has 2 aliphatic rings. The maximum Gasteiger partial charge on any atom is 0.278 e. The number of rotatable bonds is 6. The number of hydrogen-bond donors (Lipinski definition) is 3. The van der Waals surface area contributed by atoms with Crippen molar-refractivity contribution in [2.75, 3.05) is 27.3 Å². The minimum atomic E-state index is -1.09. The lowest BCUT2D eigenvalue weighted by Gasteiger charge is -2.16. The molecule has 2 aromatic carbocycles. The van der Waals surface area contributed by atoms with Crippen molar-refractivity contribution in [2.24, 2.45) is 0 Å². The Morgan fingerprint density at radius 1 is 0.884 bits per heavy atom. The van der Waals surface area contributed by atoms with E-state index < -0.39 is 11.2 Å². The maximum atomic E-state index is 12.6. The number of methoxy groups -OCH3 is 2. The number of benzene rings is 2. The van der Waals surface area contributed by atoms with E-state index >= 15 is 0 Å². The number of hydrogen-bond acceptors (Lipinski definition) is 8. The van der Waals surface area contributed by atoms with Crippen molar-refractivity contribution >= 4 is 46.3 Å². The maximum absolute atomic E-state index is 12.6. The molecule has 43 heavy (non-hydrogen) atoms. The van der Waals surface area contributed by atoms with Crippen molar-refractivity contribution in [1.29, 1.82) is 0 Å². The second-order valence-electron chi connectivity index (χ2n) is 10.1. The first-order valence-electron chi connectivity index (χ1n) is 13.9. The molecule has 0 aliphatic carbocycles. The van der Waals surface area contributed by atoms with Crippen molar-refractivity contribution in [3.63, 3.8) is 0 Å². The summed E-state index contributed by atoms with van der Waals surface area (Å²) in [6.45, 7) is 7.25. The van der Waals surface area contributed by atoms with E-state index in [9.17, 15) is 19.5 Å². The van der Waals surface area contributed by atoms with Gasteiger partial charge in [-0.05, 0) is 86.5 Å². The first-order valence-corrected chi connectivity index (χ1v) is 15.0. The zero-order valence-electron chi connectivity index (χ0n) is 24.6. The molecular weight excluding hydrogens is 619 g/mol. The smallest absolute Gasteiger partial charge is 0.278 e. The summed E-state index contributed by atoms with van der Waals surface area (Å²) in [6.07, 6.45) is 4.98. The molecule has 1 aromatic heterocycles. The first kappa shape index (κ1) is 34.5. The highest BCUT2D eigenvalue weighted by atomic mass is 35.5. The summed E-state index contributed by atoms with van der Waals surface area (Å²) in [5, 5.41) is 10.4. The average molecular weight is 656 g/mol. The highest BCUT2D eigenvalue weighted by Gasteiger charge is 2.27. The number of aromatic nitrogens is 2. The minimum absolute atomic E-state index is 0.0382. The van der Waals surface area contributed by atoms with Gasteiger partial charge in [-0.2, -0.15) is 0 Å². The van der Waals surface area contributed by atoms with Gasteiger partial charge in [-0.15, -0.1) is 0 Å². The summed E-state index contributed by atoms with van der Waals surface area (Å²) in [7, 11) is 2.97. The molecule has 0 spiro atoms. The van der Waals surface area contributed by atoms with Crippen LogP contribution in [-0.4, -0.2) is 53.3 Å². The van der Waals surface area contributed by atoms with E-state index in [1.165, 1.54) is 27.1 Å². The molecule has 1 atom stereocenters. The molecule has 2 aliphatic heterocycles. The third kappa shape index (κ3) is 8.33. The summed E-state index contributed by atoms with van der Waals surface area (Å²) >= 11 is 17.6. The molecule has 5 rings (SSSR count). The SMILES string of the molecule is C1CCNNC1.COc1cc(C)cc(Cl)c1-c1c(O)n2n(c1=O)CCCC2.COc1cc(C)cc(Cl)c1C(C=O)C(=O)Cl. The predicted molar refractivity (Wildman–Crippen MR) is 169 cm³/mol. The number of aldehydes is 1. The molecule has 1 fully saturated rings. The van der Waals surface area contributed by atoms with Crippen molar-refractivity contribution < 1.29 is 24.2 Å². The van der Waals surface area contributed by atoms with Crippen LogP contribution < -0.4 is 25.9 Å². The molecule has 10 nitrogen and oxygen atoms in total. The fourth-order valence-corrected chi connectivity index (χ4v) is 5.82. The minimum Gasteiger partial charge on any atom is -0.496 e. The molecule has 3 heterocycles. The Morgan fingerprint density at radius 2 is 1.42 bits per heavy atom. The van der Waals surface area contributed by atoms with Crippen LogP contribution in [0.2, 0.25) is 10.0 Å². The Labute approximate surface area is 265 Å². The first-order chi connectivity index (χ1) is 20.5. The van der Waals surface area contributed by atoms with Crippen LogP contribution in [-0.2, 0) is 22.7 Å². The van der Waals surface area contributed by atoms with Gasteiger partial charge in [0.2, 0.25) is 11.1 Å². The number of aryl methyl sites for hydroxylation is 2. The van der Waals surface area contributed by atoms with Gasteiger partial charge in [0.25, 0.3) is 5.56 Å². The van der Waals surface area contributed by atoms with E-state index in [1.807, 2.05) is 13.8 Å². The molecule has 0 amide bonds. The number of nitrogens with zero attached hydrogens (tertiary/aromatic N) is 2. The Bertz CT molecular complexity index is 1490. The molecule has 1 saturated heterocycles. The zero-order valence-corrected chi connectivity index (χ0v) is 26.9. The van der Waals surface area contributed by atoms with Crippen LogP contribution >= 0.6 is 34.8 Å². The van der Waals surface area contributed by atoms with Gasteiger partial charge in [-0.3, -0.25) is 25.1 Å². The number of halogens is 3. The second-order valence-corrected chi connectivity index (χ2v) is 11.3. The topological polar surface area (TPSA) is 124 Å². The highest BCUT2D eigenvalue weighted by Crippen LogP contribution is 2.40. The Hall–Kier alpha value is -3.02. The van der Waals surface area contributed by atoms with Gasteiger partial charge in [0.05, 0.1) is 24.8 Å². The second kappa shape index (κ2) is 16.2. The van der Waals surface area contributed by atoms with Crippen LogP contribution in [0.5, 0.6) is 17.4 Å². The normalized spacial score (nSPS) is 14.7. The third-order valence-corrected chi connectivity index (χ3v) is 7.84. The summed E-state index contributed by atoms with van der Waals surface area (Å²) in [4.78, 5) is 34.5. The van der Waals surface area contributed by atoms with Gasteiger partial charge in [-0.25, -0.2) is 4.68 Å². The van der Waals surface area contributed by atoms with Crippen LogP contribution in [0.3, 0.4) is 0 Å². The van der Waals surface area contributed by atoms with E-state index in [2.05, 4.69) is 10.9 Å². The molecule has 13 heteroatoms. The van der Waals surface area contributed by atoms with Gasteiger partial charge in [0.15, 0.2) is 0 Å².